The Morgan fingerprint density at radius 1 is 1.10 bits per heavy atom. The van der Waals surface area contributed by atoms with E-state index in [0.29, 0.717) is 17.9 Å². The van der Waals surface area contributed by atoms with Gasteiger partial charge in [0.1, 0.15) is 5.76 Å². The number of hydrazone groups is 1. The highest BCUT2D eigenvalue weighted by Crippen LogP contribution is 2.31. The fourth-order valence-electron chi connectivity index (χ4n) is 4.14. The monoisotopic (exact) mass is 424 g/mol. The molecule has 162 valence electrons. The third-order valence-electron chi connectivity index (χ3n) is 5.80. The Hall–Kier alpha value is -3.49. The van der Waals surface area contributed by atoms with Crippen LogP contribution >= 0.6 is 0 Å². The zero-order valence-electron chi connectivity index (χ0n) is 17.3. The number of hydrogen-bond acceptors (Lipinski definition) is 6. The van der Waals surface area contributed by atoms with Crippen molar-refractivity contribution in [3.8, 4) is 0 Å². The highest BCUT2D eigenvalue weighted by Gasteiger charge is 2.30. The van der Waals surface area contributed by atoms with Gasteiger partial charge in [-0.2, -0.15) is 5.10 Å². The van der Waals surface area contributed by atoms with Crippen LogP contribution < -0.4 is 5.43 Å². The summed E-state index contributed by atoms with van der Waals surface area (Å²) in [5.74, 6) is 0.553. The SMILES string of the molecule is Cc1c(C(=O)N2CCCCC2)oc2c1/C(=N/NC(=O)c1ccc([N+](=O)[O-])cc1)CCC2. The number of nitrogens with zero attached hydrogens (tertiary/aromatic N) is 3. The third-order valence-corrected chi connectivity index (χ3v) is 5.80. The van der Waals surface area contributed by atoms with Crippen LogP contribution in [0.2, 0.25) is 0 Å². The van der Waals surface area contributed by atoms with Crippen LogP contribution in [0.4, 0.5) is 5.69 Å². The minimum atomic E-state index is -0.518. The van der Waals surface area contributed by atoms with E-state index in [-0.39, 0.29) is 17.2 Å². The first kappa shape index (κ1) is 20.8. The molecule has 0 bridgehead atoms. The Morgan fingerprint density at radius 2 is 1.81 bits per heavy atom. The van der Waals surface area contributed by atoms with E-state index in [1.807, 2.05) is 11.8 Å². The van der Waals surface area contributed by atoms with Crippen molar-refractivity contribution in [2.24, 2.45) is 5.10 Å². The molecule has 0 atom stereocenters. The van der Waals surface area contributed by atoms with Gasteiger partial charge in [-0.05, 0) is 51.2 Å². The highest BCUT2D eigenvalue weighted by atomic mass is 16.6. The van der Waals surface area contributed by atoms with Gasteiger partial charge in [-0.15, -0.1) is 0 Å². The molecule has 2 aliphatic rings. The molecule has 0 unspecified atom stereocenters. The van der Waals surface area contributed by atoms with Crippen LogP contribution in [-0.4, -0.2) is 40.4 Å². The molecule has 1 aliphatic heterocycles. The van der Waals surface area contributed by atoms with E-state index in [9.17, 15) is 19.7 Å². The van der Waals surface area contributed by atoms with Crippen LogP contribution in [0.3, 0.4) is 0 Å². The number of non-ortho nitro benzene ring substituents is 1. The van der Waals surface area contributed by atoms with E-state index in [0.717, 1.165) is 62.1 Å². The van der Waals surface area contributed by atoms with Crippen molar-refractivity contribution < 1.29 is 18.9 Å². The number of fused-ring (bicyclic) bond motifs is 1. The van der Waals surface area contributed by atoms with Gasteiger partial charge in [0.2, 0.25) is 0 Å². The van der Waals surface area contributed by atoms with Crippen LogP contribution in [0.25, 0.3) is 0 Å². The Balaban J connectivity index is 1.54. The molecule has 2 heterocycles. The number of nitro groups is 1. The number of hydrogen-bond donors (Lipinski definition) is 1. The van der Waals surface area contributed by atoms with Crippen LogP contribution in [0.15, 0.2) is 33.8 Å². The number of aryl methyl sites for hydroxylation is 1. The minimum Gasteiger partial charge on any atom is -0.455 e. The largest absolute Gasteiger partial charge is 0.455 e. The number of nitrogens with one attached hydrogen (secondary N) is 1. The molecular weight excluding hydrogens is 400 g/mol. The van der Waals surface area contributed by atoms with Crippen molar-refractivity contribution in [2.45, 2.75) is 45.4 Å². The van der Waals surface area contributed by atoms with Gasteiger partial charge >= 0.3 is 0 Å². The number of amides is 2. The standard InChI is InChI=1S/C22H24N4O5/c1-14-19-17(23-24-21(27)15-8-10-16(11-9-15)26(29)30)6-5-7-18(19)31-20(14)22(28)25-12-3-2-4-13-25/h8-11H,2-7,12-13H2,1H3,(H,24,27)/b23-17+. The first-order chi connectivity index (χ1) is 15.0. The Morgan fingerprint density at radius 3 is 2.48 bits per heavy atom. The number of benzene rings is 1. The third kappa shape index (κ3) is 4.21. The van der Waals surface area contributed by atoms with Crippen LogP contribution in [-0.2, 0) is 6.42 Å². The number of furan rings is 1. The Bertz CT molecular complexity index is 1050. The van der Waals surface area contributed by atoms with Crippen molar-refractivity contribution in [2.75, 3.05) is 13.1 Å². The predicted molar refractivity (Wildman–Crippen MR) is 113 cm³/mol. The van der Waals surface area contributed by atoms with Crippen LogP contribution in [0.1, 0.15) is 69.9 Å². The first-order valence-corrected chi connectivity index (χ1v) is 10.5. The number of piperidine rings is 1. The minimum absolute atomic E-state index is 0.0825. The molecule has 31 heavy (non-hydrogen) atoms. The van der Waals surface area contributed by atoms with Gasteiger partial charge < -0.3 is 9.32 Å². The van der Waals surface area contributed by atoms with E-state index in [1.54, 1.807) is 0 Å². The number of carbonyl (C=O) groups excluding carboxylic acids is 2. The quantitative estimate of drug-likeness (QED) is 0.594. The van der Waals surface area contributed by atoms with E-state index < -0.39 is 10.8 Å². The summed E-state index contributed by atoms with van der Waals surface area (Å²) >= 11 is 0. The maximum absolute atomic E-state index is 12.9. The van der Waals surface area contributed by atoms with Gasteiger partial charge in [-0.25, -0.2) is 5.43 Å². The molecule has 0 radical (unpaired) electrons. The average Bonchev–Trinajstić information content (AvgIpc) is 3.14. The lowest BCUT2D eigenvalue weighted by Crippen LogP contribution is -2.35. The summed E-state index contributed by atoms with van der Waals surface area (Å²) < 4.78 is 5.96. The molecule has 9 heteroatoms. The molecule has 1 aliphatic carbocycles. The molecule has 9 nitrogen and oxygen atoms in total. The van der Waals surface area contributed by atoms with Crippen LogP contribution in [0, 0.1) is 17.0 Å². The smallest absolute Gasteiger partial charge is 0.289 e. The lowest BCUT2D eigenvalue weighted by molar-refractivity contribution is -0.384. The Labute approximate surface area is 179 Å². The predicted octanol–water partition coefficient (Wildman–Crippen LogP) is 3.59. The van der Waals surface area contributed by atoms with Gasteiger partial charge in [0.25, 0.3) is 17.5 Å². The van der Waals surface area contributed by atoms with E-state index >= 15 is 0 Å². The molecule has 2 amide bonds. The first-order valence-electron chi connectivity index (χ1n) is 10.5. The summed E-state index contributed by atoms with van der Waals surface area (Å²) in [6.07, 6.45) is 5.34. The number of likely N-dealkylation sites (tertiary alicyclic amines) is 1. The van der Waals surface area contributed by atoms with Gasteiger partial charge in [-0.1, -0.05) is 0 Å². The second-order valence-corrected chi connectivity index (χ2v) is 7.86. The lowest BCUT2D eigenvalue weighted by Gasteiger charge is -2.25. The number of carbonyl (C=O) groups is 2. The number of rotatable bonds is 4. The van der Waals surface area contributed by atoms with Gasteiger partial charge in [-0.3, -0.25) is 19.7 Å². The van der Waals surface area contributed by atoms with Crippen molar-refractivity contribution in [1.82, 2.24) is 10.3 Å². The second-order valence-electron chi connectivity index (χ2n) is 7.86. The van der Waals surface area contributed by atoms with Crippen molar-refractivity contribution in [3.05, 3.63) is 62.6 Å². The van der Waals surface area contributed by atoms with Crippen molar-refractivity contribution >= 4 is 23.2 Å². The maximum Gasteiger partial charge on any atom is 0.289 e. The molecule has 1 N–H and O–H groups in total. The molecule has 0 spiro atoms. The molecule has 1 fully saturated rings. The highest BCUT2D eigenvalue weighted by molar-refractivity contribution is 6.07. The second kappa shape index (κ2) is 8.71. The van der Waals surface area contributed by atoms with Crippen molar-refractivity contribution in [1.29, 1.82) is 0 Å². The summed E-state index contributed by atoms with van der Waals surface area (Å²) in [5.41, 5.74) is 4.96. The maximum atomic E-state index is 12.9. The lowest BCUT2D eigenvalue weighted by atomic mass is 9.93. The summed E-state index contributed by atoms with van der Waals surface area (Å²) in [4.78, 5) is 37.4. The summed E-state index contributed by atoms with van der Waals surface area (Å²) in [6.45, 7) is 3.35. The molecule has 2 aromatic rings. The fraction of sp³-hybridized carbons (Fsp3) is 0.409. The van der Waals surface area contributed by atoms with Crippen LogP contribution in [0.5, 0.6) is 0 Å². The summed E-state index contributed by atoms with van der Waals surface area (Å²) in [6, 6.07) is 5.33. The Kier molecular flexibility index (Phi) is 5.83. The zero-order valence-corrected chi connectivity index (χ0v) is 17.3. The molecule has 1 saturated heterocycles. The molecule has 4 rings (SSSR count). The van der Waals surface area contributed by atoms with Gasteiger partial charge in [0.15, 0.2) is 5.76 Å². The normalized spacial score (nSPS) is 17.3. The topological polar surface area (TPSA) is 118 Å². The van der Waals surface area contributed by atoms with E-state index in [4.69, 9.17) is 4.42 Å². The average molecular weight is 424 g/mol. The fourth-order valence-corrected chi connectivity index (χ4v) is 4.14. The molecule has 1 aromatic carbocycles. The zero-order chi connectivity index (χ0) is 22.0. The van der Waals surface area contributed by atoms with E-state index in [2.05, 4.69) is 10.5 Å². The number of nitro benzene ring substituents is 1. The summed E-state index contributed by atoms with van der Waals surface area (Å²) in [5, 5.41) is 15.1. The molecule has 1 aromatic heterocycles. The van der Waals surface area contributed by atoms with Gasteiger partial charge in [0, 0.05) is 48.3 Å². The van der Waals surface area contributed by atoms with Crippen molar-refractivity contribution in [3.63, 3.8) is 0 Å². The van der Waals surface area contributed by atoms with E-state index in [1.165, 1.54) is 24.3 Å². The summed E-state index contributed by atoms with van der Waals surface area (Å²) in [7, 11) is 0. The van der Waals surface area contributed by atoms with Gasteiger partial charge in [0.05, 0.1) is 10.6 Å². The molecular formula is C22H24N4O5. The molecule has 0 saturated carbocycles.